The van der Waals surface area contributed by atoms with Crippen molar-refractivity contribution in [3.8, 4) is 11.5 Å². The van der Waals surface area contributed by atoms with Crippen molar-refractivity contribution in [3.05, 3.63) is 46.1 Å². The number of nitrogens with zero attached hydrogens (tertiary/aromatic N) is 3. The number of nitrogens with one attached hydrogen (secondary N) is 1. The molecule has 0 aliphatic carbocycles. The number of likely N-dealkylation sites (N-methyl/N-ethyl adjacent to an activating group) is 1. The third-order valence-electron chi connectivity index (χ3n) is 4.04. The van der Waals surface area contributed by atoms with Gasteiger partial charge in [-0.05, 0) is 37.7 Å². The summed E-state index contributed by atoms with van der Waals surface area (Å²) in [5, 5.41) is 3.20. The maximum Gasteiger partial charge on any atom is 0.285 e. The molecule has 0 unspecified atom stereocenters. The molecule has 128 valence electrons. The van der Waals surface area contributed by atoms with Crippen molar-refractivity contribution in [1.29, 1.82) is 0 Å². The molecule has 1 aliphatic rings. The number of carbonyl (C=O) groups excluding carboxylic acids is 1. The van der Waals surface area contributed by atoms with Crippen molar-refractivity contribution in [2.75, 3.05) is 24.6 Å². The number of fused-ring (bicyclic) bond motifs is 1. The molecule has 7 nitrogen and oxygen atoms in total. The largest absolute Gasteiger partial charge is 0.463 e. The number of thiazole rings is 1. The van der Waals surface area contributed by atoms with Gasteiger partial charge in [0.05, 0.1) is 17.6 Å². The quantitative estimate of drug-likeness (QED) is 0.749. The van der Waals surface area contributed by atoms with Gasteiger partial charge in [0.2, 0.25) is 0 Å². The van der Waals surface area contributed by atoms with Crippen LogP contribution in [-0.2, 0) is 13.0 Å². The summed E-state index contributed by atoms with van der Waals surface area (Å²) in [4.78, 5) is 24.8. The number of carbonyl (C=O) groups is 1. The minimum Gasteiger partial charge on any atom is -0.463 e. The van der Waals surface area contributed by atoms with Gasteiger partial charge in [0.1, 0.15) is 5.69 Å². The molecule has 3 aromatic heterocycles. The summed E-state index contributed by atoms with van der Waals surface area (Å²) in [6.45, 7) is 1.75. The predicted molar refractivity (Wildman–Crippen MR) is 96.5 cm³/mol. The van der Waals surface area contributed by atoms with E-state index in [0.717, 1.165) is 25.2 Å². The van der Waals surface area contributed by atoms with Gasteiger partial charge in [-0.1, -0.05) is 0 Å². The van der Waals surface area contributed by atoms with Gasteiger partial charge in [-0.3, -0.25) is 4.79 Å². The first-order valence-corrected chi connectivity index (χ1v) is 8.70. The van der Waals surface area contributed by atoms with E-state index in [0.29, 0.717) is 28.0 Å². The van der Waals surface area contributed by atoms with Gasteiger partial charge < -0.3 is 20.4 Å². The highest BCUT2D eigenvalue weighted by molar-refractivity contribution is 7.13. The number of furan rings is 1. The SMILES string of the molecule is CN1CCc2sc(C(=O)Nc3nc(-c4ccco4)ccc3N)nc2C1. The van der Waals surface area contributed by atoms with Crippen LogP contribution in [0.3, 0.4) is 0 Å². The minimum atomic E-state index is -0.294. The van der Waals surface area contributed by atoms with Crippen LogP contribution in [0.25, 0.3) is 11.5 Å². The lowest BCUT2D eigenvalue weighted by atomic mass is 10.2. The topological polar surface area (TPSA) is 97.3 Å². The second-order valence-corrected chi connectivity index (χ2v) is 7.03. The Morgan fingerprint density at radius 2 is 2.24 bits per heavy atom. The summed E-state index contributed by atoms with van der Waals surface area (Å²) in [7, 11) is 2.05. The molecule has 0 saturated carbocycles. The van der Waals surface area contributed by atoms with Crippen LogP contribution in [-0.4, -0.2) is 34.4 Å². The van der Waals surface area contributed by atoms with Gasteiger partial charge in [-0.2, -0.15) is 0 Å². The standard InChI is InChI=1S/C17H17N5O2S/c1-22-7-6-14-12(9-22)20-17(25-14)16(23)21-15-10(18)4-5-11(19-15)13-3-2-8-24-13/h2-5,8H,6-7,9,18H2,1H3,(H,19,21,23). The smallest absolute Gasteiger partial charge is 0.285 e. The number of aromatic nitrogens is 2. The minimum absolute atomic E-state index is 0.294. The van der Waals surface area contributed by atoms with E-state index in [1.165, 1.54) is 16.2 Å². The molecule has 0 aromatic carbocycles. The van der Waals surface area contributed by atoms with Crippen molar-refractivity contribution >= 4 is 28.7 Å². The molecular weight excluding hydrogens is 338 g/mol. The van der Waals surface area contributed by atoms with Crippen molar-refractivity contribution in [3.63, 3.8) is 0 Å². The second-order valence-electron chi connectivity index (χ2n) is 5.94. The lowest BCUT2D eigenvalue weighted by molar-refractivity contribution is 0.102. The van der Waals surface area contributed by atoms with Gasteiger partial charge in [0.15, 0.2) is 16.6 Å². The molecule has 1 aliphatic heterocycles. The van der Waals surface area contributed by atoms with Crippen molar-refractivity contribution in [2.45, 2.75) is 13.0 Å². The zero-order valence-electron chi connectivity index (χ0n) is 13.7. The summed E-state index contributed by atoms with van der Waals surface area (Å²) in [5.74, 6) is 0.630. The summed E-state index contributed by atoms with van der Waals surface area (Å²) in [6.07, 6.45) is 2.49. The first-order valence-electron chi connectivity index (χ1n) is 7.89. The number of amides is 1. The fourth-order valence-corrected chi connectivity index (χ4v) is 3.67. The summed E-state index contributed by atoms with van der Waals surface area (Å²) in [5.41, 5.74) is 7.93. The molecule has 4 rings (SSSR count). The summed E-state index contributed by atoms with van der Waals surface area (Å²) in [6, 6.07) is 7.03. The van der Waals surface area contributed by atoms with Crippen LogP contribution in [0.2, 0.25) is 0 Å². The highest BCUT2D eigenvalue weighted by Gasteiger charge is 2.22. The second kappa shape index (κ2) is 6.30. The van der Waals surface area contributed by atoms with Crippen LogP contribution in [0.15, 0.2) is 34.9 Å². The molecule has 3 N–H and O–H groups in total. The number of hydrogen-bond donors (Lipinski definition) is 2. The fourth-order valence-electron chi connectivity index (χ4n) is 2.72. The molecule has 0 atom stereocenters. The first-order chi connectivity index (χ1) is 12.1. The zero-order valence-corrected chi connectivity index (χ0v) is 14.5. The van der Waals surface area contributed by atoms with E-state index >= 15 is 0 Å². The molecule has 3 aromatic rings. The molecule has 1 amide bonds. The molecule has 8 heteroatoms. The number of nitrogen functional groups attached to an aromatic ring is 1. The van der Waals surface area contributed by atoms with Gasteiger partial charge in [0.25, 0.3) is 5.91 Å². The number of pyridine rings is 1. The van der Waals surface area contributed by atoms with E-state index < -0.39 is 0 Å². The van der Waals surface area contributed by atoms with Gasteiger partial charge in [-0.25, -0.2) is 9.97 Å². The Hall–Kier alpha value is -2.71. The summed E-state index contributed by atoms with van der Waals surface area (Å²) < 4.78 is 5.34. The number of hydrogen-bond acceptors (Lipinski definition) is 7. The van der Waals surface area contributed by atoms with Crippen LogP contribution in [0.1, 0.15) is 20.4 Å². The van der Waals surface area contributed by atoms with E-state index in [-0.39, 0.29) is 5.91 Å². The highest BCUT2D eigenvalue weighted by atomic mass is 32.1. The van der Waals surface area contributed by atoms with E-state index in [4.69, 9.17) is 10.2 Å². The average molecular weight is 355 g/mol. The number of rotatable bonds is 3. The Labute approximate surface area is 148 Å². The van der Waals surface area contributed by atoms with Gasteiger partial charge in [0, 0.05) is 18.0 Å². The lowest BCUT2D eigenvalue weighted by Crippen LogP contribution is -2.25. The van der Waals surface area contributed by atoms with Crippen LogP contribution in [0.5, 0.6) is 0 Å². The van der Waals surface area contributed by atoms with Crippen molar-refractivity contribution < 1.29 is 9.21 Å². The molecule has 0 spiro atoms. The van der Waals surface area contributed by atoms with E-state index in [1.54, 1.807) is 30.5 Å². The molecule has 0 fully saturated rings. The van der Waals surface area contributed by atoms with Crippen LogP contribution < -0.4 is 11.1 Å². The Morgan fingerprint density at radius 3 is 3.04 bits per heavy atom. The van der Waals surface area contributed by atoms with Gasteiger partial charge >= 0.3 is 0 Å². The highest BCUT2D eigenvalue weighted by Crippen LogP contribution is 2.27. The van der Waals surface area contributed by atoms with Crippen LogP contribution in [0.4, 0.5) is 11.5 Å². The Balaban J connectivity index is 1.58. The monoisotopic (exact) mass is 355 g/mol. The van der Waals surface area contributed by atoms with Crippen molar-refractivity contribution in [1.82, 2.24) is 14.9 Å². The summed E-state index contributed by atoms with van der Waals surface area (Å²) >= 11 is 1.44. The molecule has 0 bridgehead atoms. The maximum absolute atomic E-state index is 12.6. The molecule has 0 radical (unpaired) electrons. The van der Waals surface area contributed by atoms with E-state index in [1.807, 2.05) is 7.05 Å². The molecule has 4 heterocycles. The van der Waals surface area contributed by atoms with E-state index in [9.17, 15) is 4.79 Å². The lowest BCUT2D eigenvalue weighted by Gasteiger charge is -2.20. The van der Waals surface area contributed by atoms with E-state index in [2.05, 4.69) is 20.2 Å². The zero-order chi connectivity index (χ0) is 17.4. The third kappa shape index (κ3) is 3.13. The predicted octanol–water partition coefficient (Wildman–Crippen LogP) is 2.62. The van der Waals surface area contributed by atoms with Crippen LogP contribution >= 0.6 is 11.3 Å². The maximum atomic E-state index is 12.6. The Morgan fingerprint density at radius 1 is 1.36 bits per heavy atom. The molecular formula is C17H17N5O2S. The molecule has 0 saturated heterocycles. The third-order valence-corrected chi connectivity index (χ3v) is 5.20. The number of nitrogens with two attached hydrogens (primary N) is 1. The van der Waals surface area contributed by atoms with Crippen LogP contribution in [0, 0.1) is 0 Å². The fraction of sp³-hybridized carbons (Fsp3) is 0.235. The number of anilines is 2. The van der Waals surface area contributed by atoms with Gasteiger partial charge in [-0.15, -0.1) is 11.3 Å². The Bertz CT molecular complexity index is 919. The normalized spacial score (nSPS) is 14.3. The Kier molecular flexibility index (Phi) is 3.98. The van der Waals surface area contributed by atoms with Crippen molar-refractivity contribution in [2.24, 2.45) is 0 Å². The molecule has 25 heavy (non-hydrogen) atoms. The first kappa shape index (κ1) is 15.8. The average Bonchev–Trinajstić information content (AvgIpc) is 3.25.